The molecule has 74 valence electrons. The Morgan fingerprint density at radius 3 is 2.54 bits per heavy atom. The molecule has 2 N–H and O–H groups in total. The molecule has 4 heteroatoms. The van der Waals surface area contributed by atoms with E-state index in [4.69, 9.17) is 10.5 Å². The van der Waals surface area contributed by atoms with Gasteiger partial charge in [0.25, 0.3) is 0 Å². The molecule has 1 amide bonds. The van der Waals surface area contributed by atoms with Crippen molar-refractivity contribution >= 4 is 11.9 Å². The van der Waals surface area contributed by atoms with Gasteiger partial charge in [-0.2, -0.15) is 0 Å². The van der Waals surface area contributed by atoms with Crippen molar-refractivity contribution in [3.63, 3.8) is 0 Å². The molecule has 4 nitrogen and oxygen atoms in total. The first kappa shape index (κ1) is 10.0. The predicted octanol–water partition coefficient (Wildman–Crippen LogP) is 1.23. The van der Waals surface area contributed by atoms with Gasteiger partial charge in [0.15, 0.2) is 0 Å². The average Bonchev–Trinajstić information content (AvgIpc) is 1.79. The molecule has 0 radical (unpaired) electrons. The highest BCUT2D eigenvalue weighted by Crippen LogP contribution is 2.32. The zero-order valence-corrected chi connectivity index (χ0v) is 8.00. The van der Waals surface area contributed by atoms with Gasteiger partial charge in [0.1, 0.15) is 11.4 Å². The Kier molecular flexibility index (Phi) is 2.59. The van der Waals surface area contributed by atoms with Crippen LogP contribution in [-0.4, -0.2) is 17.5 Å². The van der Waals surface area contributed by atoms with E-state index in [0.717, 1.165) is 0 Å². The van der Waals surface area contributed by atoms with E-state index in [1.807, 2.05) is 0 Å². The van der Waals surface area contributed by atoms with Gasteiger partial charge in [0, 0.05) is 12.8 Å². The van der Waals surface area contributed by atoms with Crippen LogP contribution in [0.25, 0.3) is 0 Å². The zero-order chi connectivity index (χ0) is 10.1. The Bertz CT molecular complexity index is 227. The largest absolute Gasteiger partial charge is 0.444 e. The summed E-state index contributed by atoms with van der Waals surface area (Å²) in [6, 6.07) is 0. The molecule has 0 aromatic heterocycles. The van der Waals surface area contributed by atoms with Crippen molar-refractivity contribution in [2.24, 2.45) is 11.7 Å². The van der Waals surface area contributed by atoms with E-state index in [0.29, 0.717) is 31.0 Å². The number of Topliss-reactive ketones (excluding diaryl/α,β-unsaturated/α-hetero) is 1. The maximum Gasteiger partial charge on any atom is 0.405 e. The molecule has 0 bridgehead atoms. The van der Waals surface area contributed by atoms with Crippen LogP contribution in [-0.2, 0) is 9.53 Å². The van der Waals surface area contributed by atoms with Crippen molar-refractivity contribution in [3.8, 4) is 0 Å². The van der Waals surface area contributed by atoms with Gasteiger partial charge in [-0.15, -0.1) is 0 Å². The minimum Gasteiger partial charge on any atom is -0.444 e. The number of nitrogens with two attached hydrogens (primary N) is 1. The Morgan fingerprint density at radius 2 is 2.15 bits per heavy atom. The van der Waals surface area contributed by atoms with Gasteiger partial charge >= 0.3 is 6.09 Å². The molecule has 0 heterocycles. The van der Waals surface area contributed by atoms with Crippen LogP contribution in [0.1, 0.15) is 33.1 Å². The number of hydrogen-bond acceptors (Lipinski definition) is 3. The van der Waals surface area contributed by atoms with E-state index < -0.39 is 11.7 Å². The summed E-state index contributed by atoms with van der Waals surface area (Å²) < 4.78 is 4.91. The molecule has 1 rings (SSSR count). The van der Waals surface area contributed by atoms with Crippen molar-refractivity contribution in [1.29, 1.82) is 0 Å². The van der Waals surface area contributed by atoms with Gasteiger partial charge in [0.2, 0.25) is 0 Å². The maximum absolute atomic E-state index is 10.7. The molecule has 0 saturated heterocycles. The van der Waals surface area contributed by atoms with E-state index in [1.165, 1.54) is 0 Å². The van der Waals surface area contributed by atoms with Crippen LogP contribution in [0.5, 0.6) is 0 Å². The second-order valence-corrected chi connectivity index (χ2v) is 4.20. The Balaban J connectivity index is 2.33. The van der Waals surface area contributed by atoms with Crippen molar-refractivity contribution < 1.29 is 14.3 Å². The first-order chi connectivity index (χ1) is 5.89. The second kappa shape index (κ2) is 3.36. The third kappa shape index (κ3) is 3.05. The zero-order valence-electron chi connectivity index (χ0n) is 8.00. The fourth-order valence-corrected chi connectivity index (χ4v) is 1.74. The third-order valence-corrected chi connectivity index (χ3v) is 2.19. The SMILES string of the molecule is CC(C)(CC1CC(=O)C1)OC(N)=O. The molecule has 1 aliphatic carbocycles. The van der Waals surface area contributed by atoms with Gasteiger partial charge in [0.05, 0.1) is 0 Å². The van der Waals surface area contributed by atoms with Crippen LogP contribution >= 0.6 is 0 Å². The van der Waals surface area contributed by atoms with Crippen molar-refractivity contribution in [3.05, 3.63) is 0 Å². The fourth-order valence-electron chi connectivity index (χ4n) is 1.74. The first-order valence-electron chi connectivity index (χ1n) is 4.39. The molecule has 1 fully saturated rings. The van der Waals surface area contributed by atoms with Gasteiger partial charge in [-0.05, 0) is 26.2 Å². The van der Waals surface area contributed by atoms with Gasteiger partial charge < -0.3 is 10.5 Å². The molecule has 0 aliphatic heterocycles. The minimum absolute atomic E-state index is 0.292. The summed E-state index contributed by atoms with van der Waals surface area (Å²) in [5.41, 5.74) is 4.37. The monoisotopic (exact) mass is 185 g/mol. The van der Waals surface area contributed by atoms with Crippen LogP contribution in [0.15, 0.2) is 0 Å². The number of ketones is 1. The number of primary amides is 1. The lowest BCUT2D eigenvalue weighted by molar-refractivity contribution is -0.128. The summed E-state index contributed by atoms with van der Waals surface area (Å²) in [4.78, 5) is 21.2. The lowest BCUT2D eigenvalue weighted by atomic mass is 9.77. The summed E-state index contributed by atoms with van der Waals surface area (Å²) in [6.45, 7) is 3.61. The van der Waals surface area contributed by atoms with E-state index >= 15 is 0 Å². The van der Waals surface area contributed by atoms with E-state index in [1.54, 1.807) is 13.8 Å². The topological polar surface area (TPSA) is 69.4 Å². The molecule has 0 aromatic rings. The number of carbonyl (C=O) groups excluding carboxylic acids is 2. The molecule has 0 aromatic carbocycles. The maximum atomic E-state index is 10.7. The standard InChI is InChI=1S/C9H15NO3/c1-9(2,13-8(10)12)5-6-3-7(11)4-6/h6H,3-5H2,1-2H3,(H2,10,12). The summed E-state index contributed by atoms with van der Waals surface area (Å²) in [6.07, 6.45) is 1.19. The van der Waals surface area contributed by atoms with Crippen LogP contribution in [0, 0.1) is 5.92 Å². The van der Waals surface area contributed by atoms with E-state index in [2.05, 4.69) is 0 Å². The highest BCUT2D eigenvalue weighted by atomic mass is 16.6. The molecule has 0 spiro atoms. The normalized spacial score (nSPS) is 18.2. The smallest absolute Gasteiger partial charge is 0.405 e. The van der Waals surface area contributed by atoms with Gasteiger partial charge in [-0.3, -0.25) is 4.79 Å². The highest BCUT2D eigenvalue weighted by molar-refractivity contribution is 5.84. The van der Waals surface area contributed by atoms with Crippen molar-refractivity contribution in [2.45, 2.75) is 38.7 Å². The number of rotatable bonds is 3. The summed E-state index contributed by atoms with van der Waals surface area (Å²) >= 11 is 0. The summed E-state index contributed by atoms with van der Waals surface area (Å²) in [5.74, 6) is 0.654. The average molecular weight is 185 g/mol. The molecule has 1 aliphatic rings. The number of hydrogen-bond donors (Lipinski definition) is 1. The Hall–Kier alpha value is -1.06. The predicted molar refractivity (Wildman–Crippen MR) is 47.1 cm³/mol. The number of ether oxygens (including phenoxy) is 1. The fraction of sp³-hybridized carbons (Fsp3) is 0.778. The van der Waals surface area contributed by atoms with Crippen LogP contribution in [0.3, 0.4) is 0 Å². The Morgan fingerprint density at radius 1 is 1.62 bits per heavy atom. The lowest BCUT2D eigenvalue weighted by Crippen LogP contribution is -2.37. The van der Waals surface area contributed by atoms with Crippen molar-refractivity contribution in [2.75, 3.05) is 0 Å². The Labute approximate surface area is 77.4 Å². The van der Waals surface area contributed by atoms with Crippen LogP contribution in [0.2, 0.25) is 0 Å². The minimum atomic E-state index is -0.754. The third-order valence-electron chi connectivity index (χ3n) is 2.19. The van der Waals surface area contributed by atoms with Crippen LogP contribution in [0.4, 0.5) is 4.79 Å². The van der Waals surface area contributed by atoms with E-state index in [-0.39, 0.29) is 0 Å². The second-order valence-electron chi connectivity index (χ2n) is 4.20. The molecule has 1 saturated carbocycles. The molecular formula is C9H15NO3. The van der Waals surface area contributed by atoms with Crippen molar-refractivity contribution in [1.82, 2.24) is 0 Å². The van der Waals surface area contributed by atoms with Gasteiger partial charge in [-0.25, -0.2) is 4.79 Å². The molecule has 13 heavy (non-hydrogen) atoms. The number of carbonyl (C=O) groups is 2. The van der Waals surface area contributed by atoms with Gasteiger partial charge in [-0.1, -0.05) is 0 Å². The van der Waals surface area contributed by atoms with E-state index in [9.17, 15) is 9.59 Å². The van der Waals surface area contributed by atoms with Crippen LogP contribution < -0.4 is 5.73 Å². The first-order valence-corrected chi connectivity index (χ1v) is 4.39. The molecule has 0 unspecified atom stereocenters. The number of amides is 1. The molecular weight excluding hydrogens is 170 g/mol. The molecule has 0 atom stereocenters. The highest BCUT2D eigenvalue weighted by Gasteiger charge is 2.33. The summed E-state index contributed by atoms with van der Waals surface area (Å²) in [5, 5.41) is 0. The summed E-state index contributed by atoms with van der Waals surface area (Å²) in [7, 11) is 0. The lowest BCUT2D eigenvalue weighted by Gasteiger charge is -2.32. The quantitative estimate of drug-likeness (QED) is 0.718.